The number of allylic oxidation sites excluding steroid dienone is 4. The molecule has 5 nitrogen and oxygen atoms in total. The first-order chi connectivity index (χ1) is 14.5. The van der Waals surface area contributed by atoms with Gasteiger partial charge in [0.25, 0.3) is 0 Å². The fourth-order valence-corrected chi connectivity index (χ4v) is 5.31. The molecule has 0 unspecified atom stereocenters. The maximum Gasteiger partial charge on any atom is 0.339 e. The minimum atomic E-state index is -0.565. The lowest BCUT2D eigenvalue weighted by Crippen LogP contribution is -2.34. The fraction of sp³-hybridized carbons (Fsp3) is 0.240. The van der Waals surface area contributed by atoms with Crippen LogP contribution >= 0.6 is 0 Å². The first kappa shape index (κ1) is 18.6. The van der Waals surface area contributed by atoms with E-state index >= 15 is 0 Å². The van der Waals surface area contributed by atoms with E-state index in [-0.39, 0.29) is 29.2 Å². The quantitative estimate of drug-likeness (QED) is 0.447. The number of hydrogen-bond donors (Lipinski definition) is 0. The number of esters is 1. The summed E-state index contributed by atoms with van der Waals surface area (Å²) in [6.45, 7) is 2.07. The van der Waals surface area contributed by atoms with Crippen LogP contribution in [0.5, 0.6) is 0 Å². The Bertz CT molecular complexity index is 1100. The van der Waals surface area contributed by atoms with Crippen molar-refractivity contribution >= 4 is 29.0 Å². The molecule has 0 spiro atoms. The summed E-state index contributed by atoms with van der Waals surface area (Å²) < 4.78 is 4.85. The lowest BCUT2D eigenvalue weighted by molar-refractivity contribution is -0.122. The van der Waals surface area contributed by atoms with Crippen molar-refractivity contribution in [1.29, 1.82) is 0 Å². The largest absolute Gasteiger partial charge is 0.465 e. The molecule has 2 amide bonds. The van der Waals surface area contributed by atoms with Crippen LogP contribution in [0.1, 0.15) is 22.8 Å². The minimum Gasteiger partial charge on any atom is -0.465 e. The third kappa shape index (κ3) is 2.45. The maximum atomic E-state index is 13.5. The van der Waals surface area contributed by atoms with E-state index < -0.39 is 17.8 Å². The van der Waals surface area contributed by atoms with Crippen molar-refractivity contribution in [2.45, 2.75) is 6.92 Å². The van der Waals surface area contributed by atoms with Gasteiger partial charge in [0.05, 0.1) is 30.2 Å². The molecule has 0 aromatic heterocycles. The van der Waals surface area contributed by atoms with E-state index in [0.29, 0.717) is 5.69 Å². The smallest absolute Gasteiger partial charge is 0.339 e. The Morgan fingerprint density at radius 2 is 1.43 bits per heavy atom. The molecule has 1 aliphatic heterocycles. The molecule has 5 heteroatoms. The number of imide groups is 1. The van der Waals surface area contributed by atoms with Gasteiger partial charge in [-0.05, 0) is 30.2 Å². The molecule has 30 heavy (non-hydrogen) atoms. The van der Waals surface area contributed by atoms with E-state index in [0.717, 1.165) is 11.1 Å². The predicted molar refractivity (Wildman–Crippen MR) is 112 cm³/mol. The lowest BCUT2D eigenvalue weighted by Gasteiger charge is -2.21. The maximum absolute atomic E-state index is 13.5. The Balaban J connectivity index is 1.56. The molecule has 2 aromatic carbocycles. The third-order valence-electron chi connectivity index (χ3n) is 6.61. The Labute approximate surface area is 174 Å². The summed E-state index contributed by atoms with van der Waals surface area (Å²) in [6.07, 6.45) is 4.13. The zero-order valence-corrected chi connectivity index (χ0v) is 16.7. The monoisotopic (exact) mass is 399 g/mol. The van der Waals surface area contributed by atoms with Gasteiger partial charge in [-0.3, -0.25) is 9.59 Å². The van der Waals surface area contributed by atoms with E-state index in [1.165, 1.54) is 17.6 Å². The van der Waals surface area contributed by atoms with Crippen LogP contribution in [0, 0.1) is 23.7 Å². The molecule has 1 heterocycles. The van der Waals surface area contributed by atoms with Crippen molar-refractivity contribution in [3.63, 3.8) is 0 Å². The van der Waals surface area contributed by atoms with Crippen molar-refractivity contribution in [2.75, 3.05) is 12.0 Å². The summed E-state index contributed by atoms with van der Waals surface area (Å²) in [5, 5.41) is 0. The highest BCUT2D eigenvalue weighted by Crippen LogP contribution is 2.58. The molecule has 3 aliphatic rings. The van der Waals surface area contributed by atoms with Crippen LogP contribution in [0.4, 0.5) is 5.69 Å². The molecular formula is C25H21NO4. The number of ether oxygens (including phenoxy) is 1. The average molecular weight is 399 g/mol. The van der Waals surface area contributed by atoms with Gasteiger partial charge in [0.15, 0.2) is 0 Å². The number of benzene rings is 2. The van der Waals surface area contributed by atoms with Crippen molar-refractivity contribution < 1.29 is 19.1 Å². The number of nitrogens with zero attached hydrogens (tertiary/aromatic N) is 1. The Kier molecular flexibility index (Phi) is 4.21. The van der Waals surface area contributed by atoms with E-state index in [4.69, 9.17) is 4.74 Å². The van der Waals surface area contributed by atoms with Gasteiger partial charge < -0.3 is 4.74 Å². The number of carbonyl (C=O) groups excluding carboxylic acids is 3. The molecule has 0 N–H and O–H groups in total. The van der Waals surface area contributed by atoms with Crippen molar-refractivity contribution in [2.24, 2.45) is 23.7 Å². The molecule has 2 aliphatic carbocycles. The van der Waals surface area contributed by atoms with Crippen LogP contribution in [-0.4, -0.2) is 24.9 Å². The number of methoxy groups -OCH3 is 1. The van der Waals surface area contributed by atoms with Crippen LogP contribution in [-0.2, 0) is 14.3 Å². The molecule has 2 fully saturated rings. The molecule has 5 rings (SSSR count). The van der Waals surface area contributed by atoms with Gasteiger partial charge >= 0.3 is 5.97 Å². The summed E-state index contributed by atoms with van der Waals surface area (Å²) in [6, 6.07) is 16.7. The first-order valence-electron chi connectivity index (χ1n) is 10.0. The number of hydrogen-bond acceptors (Lipinski definition) is 4. The Morgan fingerprint density at radius 3 is 2.03 bits per heavy atom. The van der Waals surface area contributed by atoms with E-state index in [1.54, 1.807) is 24.3 Å². The number of fused-ring (bicyclic) bond motifs is 5. The topological polar surface area (TPSA) is 63.7 Å². The normalized spacial score (nSPS) is 26.3. The summed E-state index contributed by atoms with van der Waals surface area (Å²) >= 11 is 0. The van der Waals surface area contributed by atoms with Gasteiger partial charge in [-0.1, -0.05) is 60.2 Å². The molecule has 150 valence electrons. The number of amides is 2. The second kappa shape index (κ2) is 6.80. The number of carbonyl (C=O) groups is 3. The first-order valence-corrected chi connectivity index (χ1v) is 10.0. The minimum absolute atomic E-state index is 0.0908. The molecule has 1 saturated carbocycles. The number of rotatable bonds is 3. The summed E-state index contributed by atoms with van der Waals surface area (Å²) in [7, 11) is 1.29. The predicted octanol–water partition coefficient (Wildman–Crippen LogP) is 3.87. The van der Waals surface area contributed by atoms with Gasteiger partial charge in [-0.25, -0.2) is 9.69 Å². The SMILES string of the molecule is COC(=O)c1ccccc1N1C(=O)[C@H]2[C@H](C1=O)[C@H]1C=C[C@H]2C1=C(C)c1ccccc1. The lowest BCUT2D eigenvalue weighted by atomic mass is 9.85. The van der Waals surface area contributed by atoms with E-state index in [9.17, 15) is 14.4 Å². The van der Waals surface area contributed by atoms with Crippen LogP contribution in [0.15, 0.2) is 72.3 Å². The van der Waals surface area contributed by atoms with Crippen molar-refractivity contribution in [3.8, 4) is 0 Å². The summed E-state index contributed by atoms with van der Waals surface area (Å²) in [4.78, 5) is 40.3. The zero-order chi connectivity index (χ0) is 21.0. The van der Waals surface area contributed by atoms with Gasteiger partial charge in [-0.15, -0.1) is 0 Å². The standard InChI is InChI=1S/C25H21NO4/c1-14(15-8-4-3-5-9-15)20-17-12-13-18(20)22-21(17)23(27)26(24(22)28)19-11-7-6-10-16(19)25(29)30-2/h3-13,17-18,21-22H,1-2H3/t17-,18-,21+,22+/m0/s1. The van der Waals surface area contributed by atoms with Crippen LogP contribution < -0.4 is 4.90 Å². The Hall–Kier alpha value is -3.47. The molecule has 2 aromatic rings. The van der Waals surface area contributed by atoms with Crippen LogP contribution in [0.3, 0.4) is 0 Å². The summed E-state index contributed by atoms with van der Waals surface area (Å²) in [5.74, 6) is -2.07. The number of para-hydroxylation sites is 1. The van der Waals surface area contributed by atoms with Crippen molar-refractivity contribution in [1.82, 2.24) is 0 Å². The summed E-state index contributed by atoms with van der Waals surface area (Å²) in [5.41, 5.74) is 3.93. The Morgan fingerprint density at radius 1 is 0.867 bits per heavy atom. The number of anilines is 1. The highest BCUT2D eigenvalue weighted by molar-refractivity contribution is 6.25. The van der Waals surface area contributed by atoms with Gasteiger partial charge in [0, 0.05) is 11.8 Å². The fourth-order valence-electron chi connectivity index (χ4n) is 5.31. The van der Waals surface area contributed by atoms with Gasteiger partial charge in [-0.2, -0.15) is 0 Å². The second-order valence-corrected chi connectivity index (χ2v) is 7.96. The second-order valence-electron chi connectivity index (χ2n) is 7.96. The van der Waals surface area contributed by atoms with Crippen molar-refractivity contribution in [3.05, 3.63) is 83.4 Å². The van der Waals surface area contributed by atoms with Gasteiger partial charge in [0.1, 0.15) is 0 Å². The van der Waals surface area contributed by atoms with Gasteiger partial charge in [0.2, 0.25) is 11.8 Å². The third-order valence-corrected chi connectivity index (χ3v) is 6.61. The zero-order valence-electron chi connectivity index (χ0n) is 16.7. The van der Waals surface area contributed by atoms with Crippen LogP contribution in [0.25, 0.3) is 5.57 Å². The molecule has 2 bridgehead atoms. The molecule has 4 atom stereocenters. The van der Waals surface area contributed by atoms with E-state index in [1.807, 2.05) is 18.2 Å². The highest BCUT2D eigenvalue weighted by Gasteiger charge is 2.62. The average Bonchev–Trinajstić information content (AvgIpc) is 3.42. The van der Waals surface area contributed by atoms with Crippen LogP contribution in [0.2, 0.25) is 0 Å². The molecule has 0 radical (unpaired) electrons. The highest BCUT2D eigenvalue weighted by atomic mass is 16.5. The molecule has 1 saturated heterocycles. The van der Waals surface area contributed by atoms with E-state index in [2.05, 4.69) is 31.2 Å². The molecular weight excluding hydrogens is 378 g/mol.